The molecule has 0 saturated heterocycles. The van der Waals surface area contributed by atoms with E-state index in [0.717, 1.165) is 22.1 Å². The second-order valence-electron chi connectivity index (χ2n) is 4.37. The van der Waals surface area contributed by atoms with Crippen molar-refractivity contribution in [1.82, 2.24) is 4.98 Å². The number of pyridine rings is 1. The van der Waals surface area contributed by atoms with Gasteiger partial charge in [0, 0.05) is 17.0 Å². The van der Waals surface area contributed by atoms with Gasteiger partial charge in [-0.25, -0.2) is 4.98 Å². The van der Waals surface area contributed by atoms with Crippen LogP contribution >= 0.6 is 11.8 Å². The number of nitrogens with zero attached hydrogens (tertiary/aromatic N) is 1. The molecule has 0 atom stereocenters. The van der Waals surface area contributed by atoms with Gasteiger partial charge in [0.15, 0.2) is 6.29 Å². The maximum Gasteiger partial charge on any atom is 0.151 e. The van der Waals surface area contributed by atoms with Crippen LogP contribution < -0.4 is 0 Å². The zero-order valence-electron chi connectivity index (χ0n) is 9.61. The fraction of sp³-hybridized carbons (Fsp3) is 0.538. The largest absolute Gasteiger partial charge is 0.298 e. The van der Waals surface area contributed by atoms with Crippen molar-refractivity contribution in [2.24, 2.45) is 0 Å². The Morgan fingerprint density at radius 1 is 1.38 bits per heavy atom. The molecule has 0 aromatic carbocycles. The molecule has 0 aliphatic heterocycles. The molecule has 0 amide bonds. The fourth-order valence-electron chi connectivity index (χ4n) is 2.08. The van der Waals surface area contributed by atoms with Crippen LogP contribution in [-0.2, 0) is 0 Å². The average Bonchev–Trinajstić information content (AvgIpc) is 2.31. The molecule has 1 aliphatic carbocycles. The number of aryl methyl sites for hydroxylation is 1. The Hall–Kier alpha value is -0.830. The SMILES string of the molecule is Cc1cc(SC2CCCCC2)ncc1C=O. The molecule has 86 valence electrons. The summed E-state index contributed by atoms with van der Waals surface area (Å²) in [5, 5.41) is 1.79. The molecule has 1 aliphatic rings. The van der Waals surface area contributed by atoms with Crippen LogP contribution in [0.2, 0.25) is 0 Å². The van der Waals surface area contributed by atoms with Crippen LogP contribution in [0.4, 0.5) is 0 Å². The van der Waals surface area contributed by atoms with Crippen LogP contribution in [0.15, 0.2) is 17.3 Å². The summed E-state index contributed by atoms with van der Waals surface area (Å²) in [5.41, 5.74) is 1.73. The Morgan fingerprint density at radius 2 is 2.12 bits per heavy atom. The van der Waals surface area contributed by atoms with Crippen LogP contribution in [0.1, 0.15) is 48.0 Å². The van der Waals surface area contributed by atoms with E-state index in [9.17, 15) is 4.79 Å². The van der Waals surface area contributed by atoms with Crippen molar-refractivity contribution in [2.45, 2.75) is 49.3 Å². The van der Waals surface area contributed by atoms with Crippen LogP contribution in [0, 0.1) is 6.92 Å². The zero-order chi connectivity index (χ0) is 11.4. The summed E-state index contributed by atoms with van der Waals surface area (Å²) in [6, 6.07) is 2.03. The summed E-state index contributed by atoms with van der Waals surface area (Å²) in [4.78, 5) is 15.0. The average molecular weight is 235 g/mol. The molecule has 2 rings (SSSR count). The van der Waals surface area contributed by atoms with Crippen molar-refractivity contribution in [1.29, 1.82) is 0 Å². The summed E-state index contributed by atoms with van der Waals surface area (Å²) in [6.07, 6.45) is 9.26. The highest BCUT2D eigenvalue weighted by atomic mass is 32.2. The van der Waals surface area contributed by atoms with Gasteiger partial charge in [-0.05, 0) is 31.4 Å². The van der Waals surface area contributed by atoms with Crippen molar-refractivity contribution in [3.63, 3.8) is 0 Å². The highest BCUT2D eigenvalue weighted by molar-refractivity contribution is 7.99. The smallest absolute Gasteiger partial charge is 0.151 e. The molecule has 0 spiro atoms. The molecule has 1 aromatic heterocycles. The lowest BCUT2D eigenvalue weighted by atomic mass is 10.0. The number of carbonyl (C=O) groups is 1. The molecule has 0 unspecified atom stereocenters. The Bertz CT molecular complexity index is 372. The van der Waals surface area contributed by atoms with Crippen LogP contribution in [0.5, 0.6) is 0 Å². The number of hydrogen-bond acceptors (Lipinski definition) is 3. The first-order valence-corrected chi connectivity index (χ1v) is 6.76. The monoisotopic (exact) mass is 235 g/mol. The van der Waals surface area contributed by atoms with Gasteiger partial charge < -0.3 is 0 Å². The lowest BCUT2D eigenvalue weighted by molar-refractivity contribution is 0.112. The van der Waals surface area contributed by atoms with E-state index in [4.69, 9.17) is 0 Å². The van der Waals surface area contributed by atoms with Gasteiger partial charge in [-0.1, -0.05) is 19.3 Å². The lowest BCUT2D eigenvalue weighted by Crippen LogP contribution is -2.08. The third kappa shape index (κ3) is 2.85. The predicted molar refractivity (Wildman–Crippen MR) is 67.1 cm³/mol. The van der Waals surface area contributed by atoms with Crippen molar-refractivity contribution in [3.05, 3.63) is 23.4 Å². The second kappa shape index (κ2) is 5.48. The highest BCUT2D eigenvalue weighted by Gasteiger charge is 2.15. The molecule has 0 bridgehead atoms. The number of aldehydes is 1. The molecule has 1 aromatic rings. The van der Waals surface area contributed by atoms with Crippen molar-refractivity contribution in [2.75, 3.05) is 0 Å². The Balaban J connectivity index is 2.03. The van der Waals surface area contributed by atoms with Gasteiger partial charge in [-0.15, -0.1) is 11.8 Å². The molecule has 0 N–H and O–H groups in total. The number of thioether (sulfide) groups is 1. The quantitative estimate of drug-likeness (QED) is 0.749. The second-order valence-corrected chi connectivity index (χ2v) is 5.70. The van der Waals surface area contributed by atoms with Crippen molar-refractivity contribution < 1.29 is 4.79 Å². The van der Waals surface area contributed by atoms with Gasteiger partial charge >= 0.3 is 0 Å². The molecule has 1 saturated carbocycles. The van der Waals surface area contributed by atoms with Crippen LogP contribution in [-0.4, -0.2) is 16.5 Å². The summed E-state index contributed by atoms with van der Waals surface area (Å²) >= 11 is 1.87. The van der Waals surface area contributed by atoms with Gasteiger partial charge in [0.2, 0.25) is 0 Å². The van der Waals surface area contributed by atoms with E-state index < -0.39 is 0 Å². The van der Waals surface area contributed by atoms with E-state index in [2.05, 4.69) is 4.98 Å². The minimum absolute atomic E-state index is 0.702. The predicted octanol–water partition coefficient (Wildman–Crippen LogP) is 3.63. The van der Waals surface area contributed by atoms with E-state index in [1.165, 1.54) is 32.1 Å². The number of aromatic nitrogens is 1. The first-order chi connectivity index (χ1) is 7.79. The number of rotatable bonds is 3. The number of carbonyl (C=O) groups excluding carboxylic acids is 1. The minimum Gasteiger partial charge on any atom is -0.298 e. The van der Waals surface area contributed by atoms with E-state index in [1.807, 2.05) is 24.8 Å². The third-order valence-corrected chi connectivity index (χ3v) is 4.36. The molecular formula is C13H17NOS. The molecule has 2 nitrogen and oxygen atoms in total. The zero-order valence-corrected chi connectivity index (χ0v) is 10.4. The number of hydrogen-bond donors (Lipinski definition) is 0. The van der Waals surface area contributed by atoms with Crippen LogP contribution in [0.25, 0.3) is 0 Å². The Morgan fingerprint density at radius 3 is 2.75 bits per heavy atom. The molecule has 1 fully saturated rings. The summed E-state index contributed by atoms with van der Waals surface area (Å²) in [6.45, 7) is 1.97. The first-order valence-electron chi connectivity index (χ1n) is 5.88. The van der Waals surface area contributed by atoms with E-state index in [0.29, 0.717) is 5.56 Å². The fourth-order valence-corrected chi connectivity index (χ4v) is 3.35. The molecule has 3 heteroatoms. The standard InChI is InChI=1S/C13H17NOS/c1-10-7-13(14-8-11(10)9-15)16-12-5-3-2-4-6-12/h7-9,12H,2-6H2,1H3. The minimum atomic E-state index is 0.702. The van der Waals surface area contributed by atoms with Gasteiger partial charge in [0.1, 0.15) is 0 Å². The third-order valence-electron chi connectivity index (χ3n) is 3.09. The summed E-state index contributed by atoms with van der Waals surface area (Å²) in [7, 11) is 0. The Labute approximate surface area is 101 Å². The van der Waals surface area contributed by atoms with Crippen LogP contribution in [0.3, 0.4) is 0 Å². The summed E-state index contributed by atoms with van der Waals surface area (Å²) in [5.74, 6) is 0. The van der Waals surface area contributed by atoms with E-state index in [-0.39, 0.29) is 0 Å². The maximum absolute atomic E-state index is 10.7. The van der Waals surface area contributed by atoms with E-state index in [1.54, 1.807) is 6.20 Å². The normalized spacial score (nSPS) is 17.3. The molecule has 1 heterocycles. The van der Waals surface area contributed by atoms with Gasteiger partial charge in [0.25, 0.3) is 0 Å². The van der Waals surface area contributed by atoms with Crippen molar-refractivity contribution in [3.8, 4) is 0 Å². The first kappa shape index (κ1) is 11.6. The van der Waals surface area contributed by atoms with Gasteiger partial charge in [-0.3, -0.25) is 4.79 Å². The Kier molecular flexibility index (Phi) is 3.99. The highest BCUT2D eigenvalue weighted by Crippen LogP contribution is 2.32. The van der Waals surface area contributed by atoms with Crippen molar-refractivity contribution >= 4 is 18.0 Å². The lowest BCUT2D eigenvalue weighted by Gasteiger charge is -2.20. The van der Waals surface area contributed by atoms with Gasteiger partial charge in [0.05, 0.1) is 5.03 Å². The topological polar surface area (TPSA) is 30.0 Å². The molecular weight excluding hydrogens is 218 g/mol. The van der Waals surface area contributed by atoms with E-state index >= 15 is 0 Å². The molecule has 16 heavy (non-hydrogen) atoms. The maximum atomic E-state index is 10.7. The molecule has 0 radical (unpaired) electrons. The summed E-state index contributed by atoms with van der Waals surface area (Å²) < 4.78 is 0. The van der Waals surface area contributed by atoms with Gasteiger partial charge in [-0.2, -0.15) is 0 Å².